The second-order valence-electron chi connectivity index (χ2n) is 2.49. The van der Waals surface area contributed by atoms with E-state index in [0.29, 0.717) is 15.1 Å². The van der Waals surface area contributed by atoms with Crippen LogP contribution in [0, 0.1) is 0 Å². The molecule has 0 bridgehead atoms. The largest absolute Gasteiger partial charge is 0.480 e. The van der Waals surface area contributed by atoms with E-state index in [-0.39, 0.29) is 0 Å². The molecular weight excluding hydrogens is 257 g/mol. The van der Waals surface area contributed by atoms with Gasteiger partial charge in [-0.25, -0.2) is 0 Å². The molecule has 1 aromatic carbocycles. The quantitative estimate of drug-likeness (QED) is 0.860. The topological polar surface area (TPSA) is 63.3 Å². The molecule has 0 saturated heterocycles. The van der Waals surface area contributed by atoms with E-state index in [1.807, 2.05) is 0 Å². The standard InChI is InChI=1S/C8H7BrClNO2/c9-5-3-4(1-2-6(5)10)7(11)8(12)13/h1-3,7H,11H2,(H,12,13)/t7-/m1/s1. The minimum atomic E-state index is -1.06. The second-order valence-corrected chi connectivity index (χ2v) is 3.75. The molecule has 0 aliphatic carbocycles. The Balaban J connectivity index is 3.03. The van der Waals surface area contributed by atoms with E-state index in [1.165, 1.54) is 0 Å². The third-order valence-electron chi connectivity index (χ3n) is 1.57. The van der Waals surface area contributed by atoms with E-state index >= 15 is 0 Å². The summed E-state index contributed by atoms with van der Waals surface area (Å²) in [7, 11) is 0. The van der Waals surface area contributed by atoms with Crippen LogP contribution in [0.25, 0.3) is 0 Å². The fraction of sp³-hybridized carbons (Fsp3) is 0.125. The fourth-order valence-electron chi connectivity index (χ4n) is 0.848. The number of benzene rings is 1. The van der Waals surface area contributed by atoms with E-state index in [2.05, 4.69) is 15.9 Å². The van der Waals surface area contributed by atoms with Gasteiger partial charge in [0, 0.05) is 4.47 Å². The highest BCUT2D eigenvalue weighted by atomic mass is 79.9. The summed E-state index contributed by atoms with van der Waals surface area (Å²) in [6.07, 6.45) is 0. The van der Waals surface area contributed by atoms with Gasteiger partial charge in [-0.1, -0.05) is 17.7 Å². The van der Waals surface area contributed by atoms with Crippen molar-refractivity contribution in [3.8, 4) is 0 Å². The average molecular weight is 265 g/mol. The van der Waals surface area contributed by atoms with Crippen LogP contribution in [0.4, 0.5) is 0 Å². The molecule has 0 spiro atoms. The number of carboxylic acid groups (broad SMARTS) is 1. The van der Waals surface area contributed by atoms with Gasteiger partial charge in [0.2, 0.25) is 0 Å². The number of carboxylic acids is 1. The highest BCUT2D eigenvalue weighted by Crippen LogP contribution is 2.25. The van der Waals surface area contributed by atoms with Gasteiger partial charge in [0.05, 0.1) is 5.02 Å². The van der Waals surface area contributed by atoms with Crippen LogP contribution in [0.1, 0.15) is 11.6 Å². The molecule has 0 amide bonds. The average Bonchev–Trinajstić information content (AvgIpc) is 2.08. The zero-order valence-corrected chi connectivity index (χ0v) is 8.84. The molecular formula is C8H7BrClNO2. The Morgan fingerprint density at radius 3 is 2.69 bits per heavy atom. The molecule has 5 heteroatoms. The summed E-state index contributed by atoms with van der Waals surface area (Å²) in [5.74, 6) is -1.06. The minimum absolute atomic E-state index is 0.517. The molecule has 0 unspecified atom stereocenters. The lowest BCUT2D eigenvalue weighted by Crippen LogP contribution is -2.20. The van der Waals surface area contributed by atoms with Gasteiger partial charge >= 0.3 is 5.97 Å². The Morgan fingerprint density at radius 1 is 1.62 bits per heavy atom. The van der Waals surface area contributed by atoms with Gasteiger partial charge < -0.3 is 10.8 Å². The number of carbonyl (C=O) groups is 1. The molecule has 0 fully saturated rings. The molecule has 0 aromatic heterocycles. The van der Waals surface area contributed by atoms with Crippen molar-refractivity contribution in [2.75, 3.05) is 0 Å². The first-order valence-electron chi connectivity index (χ1n) is 3.45. The lowest BCUT2D eigenvalue weighted by atomic mass is 10.1. The summed E-state index contributed by atoms with van der Waals surface area (Å²) in [5, 5.41) is 9.15. The van der Waals surface area contributed by atoms with E-state index in [4.69, 9.17) is 22.4 Å². The van der Waals surface area contributed by atoms with Crippen molar-refractivity contribution in [2.45, 2.75) is 6.04 Å². The van der Waals surface area contributed by atoms with Crippen LogP contribution in [0.15, 0.2) is 22.7 Å². The van der Waals surface area contributed by atoms with Crippen molar-refractivity contribution >= 4 is 33.5 Å². The van der Waals surface area contributed by atoms with Crippen molar-refractivity contribution in [3.05, 3.63) is 33.3 Å². The van der Waals surface area contributed by atoms with Crippen LogP contribution in [0.3, 0.4) is 0 Å². The van der Waals surface area contributed by atoms with Crippen molar-refractivity contribution in [1.29, 1.82) is 0 Å². The monoisotopic (exact) mass is 263 g/mol. The van der Waals surface area contributed by atoms with Crippen LogP contribution in [-0.4, -0.2) is 11.1 Å². The number of hydrogen-bond donors (Lipinski definition) is 2. The van der Waals surface area contributed by atoms with Crippen molar-refractivity contribution in [1.82, 2.24) is 0 Å². The molecule has 0 aliphatic heterocycles. The van der Waals surface area contributed by atoms with Gasteiger partial charge in [0.15, 0.2) is 0 Å². The first kappa shape index (κ1) is 10.5. The zero-order valence-electron chi connectivity index (χ0n) is 6.50. The van der Waals surface area contributed by atoms with Crippen molar-refractivity contribution in [2.24, 2.45) is 5.73 Å². The highest BCUT2D eigenvalue weighted by Gasteiger charge is 2.14. The number of rotatable bonds is 2. The molecule has 3 N–H and O–H groups in total. The summed E-state index contributed by atoms with van der Waals surface area (Å²) >= 11 is 8.91. The molecule has 0 radical (unpaired) electrons. The maximum Gasteiger partial charge on any atom is 0.325 e. The van der Waals surface area contributed by atoms with Crippen LogP contribution in [0.2, 0.25) is 5.02 Å². The first-order valence-corrected chi connectivity index (χ1v) is 4.63. The smallest absolute Gasteiger partial charge is 0.325 e. The Kier molecular flexibility index (Phi) is 3.30. The summed E-state index contributed by atoms with van der Waals surface area (Å²) < 4.78 is 0.642. The lowest BCUT2D eigenvalue weighted by Gasteiger charge is -2.07. The Hall–Kier alpha value is -0.580. The van der Waals surface area contributed by atoms with Gasteiger partial charge in [0.1, 0.15) is 6.04 Å². The van der Waals surface area contributed by atoms with E-state index in [9.17, 15) is 4.79 Å². The van der Waals surface area contributed by atoms with E-state index in [1.54, 1.807) is 18.2 Å². The third kappa shape index (κ3) is 2.43. The van der Waals surface area contributed by atoms with Gasteiger partial charge in [-0.15, -0.1) is 0 Å². The molecule has 0 saturated carbocycles. The number of aliphatic carboxylic acids is 1. The molecule has 3 nitrogen and oxygen atoms in total. The number of hydrogen-bond acceptors (Lipinski definition) is 2. The summed E-state index contributed by atoms with van der Waals surface area (Å²) in [6.45, 7) is 0. The maximum atomic E-state index is 10.5. The van der Waals surface area contributed by atoms with Gasteiger partial charge in [-0.2, -0.15) is 0 Å². The van der Waals surface area contributed by atoms with E-state index in [0.717, 1.165) is 0 Å². The maximum absolute atomic E-state index is 10.5. The molecule has 13 heavy (non-hydrogen) atoms. The fourth-order valence-corrected chi connectivity index (χ4v) is 1.36. The van der Waals surface area contributed by atoms with Gasteiger partial charge in [-0.3, -0.25) is 4.79 Å². The van der Waals surface area contributed by atoms with Crippen LogP contribution in [-0.2, 0) is 4.79 Å². The Bertz CT molecular complexity index is 343. The number of nitrogens with two attached hydrogens (primary N) is 1. The van der Waals surface area contributed by atoms with Crippen LogP contribution in [0.5, 0.6) is 0 Å². The lowest BCUT2D eigenvalue weighted by molar-refractivity contribution is -0.138. The van der Waals surface area contributed by atoms with Crippen molar-refractivity contribution < 1.29 is 9.90 Å². The molecule has 0 heterocycles. The SMILES string of the molecule is N[C@@H](C(=O)O)c1ccc(Cl)c(Br)c1. The summed E-state index contributed by atoms with van der Waals surface area (Å²) in [6, 6.07) is 3.78. The number of halogens is 2. The van der Waals surface area contributed by atoms with Crippen molar-refractivity contribution in [3.63, 3.8) is 0 Å². The molecule has 70 valence electrons. The van der Waals surface area contributed by atoms with Gasteiger partial charge in [0.25, 0.3) is 0 Å². The highest BCUT2D eigenvalue weighted by molar-refractivity contribution is 9.10. The normalized spacial score (nSPS) is 12.5. The Labute approximate surface area is 88.6 Å². The van der Waals surface area contributed by atoms with E-state index < -0.39 is 12.0 Å². The van der Waals surface area contributed by atoms with Crippen LogP contribution >= 0.6 is 27.5 Å². The molecule has 1 atom stereocenters. The second kappa shape index (κ2) is 4.09. The summed E-state index contributed by atoms with van der Waals surface area (Å²) in [4.78, 5) is 10.5. The van der Waals surface area contributed by atoms with Crippen LogP contribution < -0.4 is 5.73 Å². The predicted octanol–water partition coefficient (Wildman–Crippen LogP) is 2.19. The zero-order chi connectivity index (χ0) is 10.0. The first-order chi connectivity index (χ1) is 6.02. The molecule has 1 aromatic rings. The predicted molar refractivity (Wildman–Crippen MR) is 53.7 cm³/mol. The minimum Gasteiger partial charge on any atom is -0.480 e. The van der Waals surface area contributed by atoms with Gasteiger partial charge in [-0.05, 0) is 33.6 Å². The summed E-state index contributed by atoms with van der Waals surface area (Å²) in [5.41, 5.74) is 5.91. The molecule has 1 rings (SSSR count). The Morgan fingerprint density at radius 2 is 2.23 bits per heavy atom. The molecule has 0 aliphatic rings. The third-order valence-corrected chi connectivity index (χ3v) is 2.78.